The van der Waals surface area contributed by atoms with Crippen LogP contribution in [0.2, 0.25) is 0 Å². The number of piperidine rings is 1. The summed E-state index contributed by atoms with van der Waals surface area (Å²) in [4.78, 5) is 14.5. The van der Waals surface area contributed by atoms with Crippen LogP contribution in [0.1, 0.15) is 45.4 Å². The Morgan fingerprint density at radius 3 is 2.67 bits per heavy atom. The maximum atomic E-state index is 12.1. The molecule has 4 heteroatoms. The van der Waals surface area contributed by atoms with Crippen molar-refractivity contribution in [3.05, 3.63) is 0 Å². The van der Waals surface area contributed by atoms with E-state index in [1.54, 1.807) is 0 Å². The standard InChI is InChI=1S/C14H27N3O/c1-11(10-17-7-3-2-4-8-17)16-14(18)12-5-6-13(15)9-12/h11-13H,2-10,15H2,1H3,(H,16,18). The second kappa shape index (κ2) is 6.53. The predicted octanol–water partition coefficient (Wildman–Crippen LogP) is 1.10. The first-order valence-corrected chi connectivity index (χ1v) is 7.43. The summed E-state index contributed by atoms with van der Waals surface area (Å²) in [6.07, 6.45) is 6.79. The number of amides is 1. The Kier molecular flexibility index (Phi) is 5.01. The summed E-state index contributed by atoms with van der Waals surface area (Å²) in [5.74, 6) is 0.372. The van der Waals surface area contributed by atoms with Crippen molar-refractivity contribution >= 4 is 5.91 Å². The Bertz CT molecular complexity index is 276. The smallest absolute Gasteiger partial charge is 0.223 e. The molecule has 3 N–H and O–H groups in total. The number of hydrogen-bond acceptors (Lipinski definition) is 3. The van der Waals surface area contributed by atoms with Gasteiger partial charge in [-0.15, -0.1) is 0 Å². The molecule has 2 fully saturated rings. The van der Waals surface area contributed by atoms with Gasteiger partial charge in [-0.2, -0.15) is 0 Å². The van der Waals surface area contributed by atoms with Gasteiger partial charge in [-0.1, -0.05) is 6.42 Å². The number of hydrogen-bond donors (Lipinski definition) is 2. The number of nitrogens with two attached hydrogens (primary N) is 1. The van der Waals surface area contributed by atoms with Crippen molar-refractivity contribution in [2.75, 3.05) is 19.6 Å². The first-order chi connectivity index (χ1) is 8.65. The van der Waals surface area contributed by atoms with Crippen molar-refractivity contribution in [1.82, 2.24) is 10.2 Å². The second-order valence-corrected chi connectivity index (χ2v) is 6.04. The molecule has 2 rings (SSSR count). The van der Waals surface area contributed by atoms with E-state index in [1.807, 2.05) is 0 Å². The lowest BCUT2D eigenvalue weighted by molar-refractivity contribution is -0.125. The van der Waals surface area contributed by atoms with Gasteiger partial charge in [-0.05, 0) is 52.1 Å². The van der Waals surface area contributed by atoms with Gasteiger partial charge in [0, 0.05) is 24.5 Å². The van der Waals surface area contributed by atoms with Crippen LogP contribution in [0.3, 0.4) is 0 Å². The summed E-state index contributed by atoms with van der Waals surface area (Å²) in [6.45, 7) is 5.48. The van der Waals surface area contributed by atoms with E-state index in [0.717, 1.165) is 25.8 Å². The first kappa shape index (κ1) is 13.8. The van der Waals surface area contributed by atoms with Crippen LogP contribution >= 0.6 is 0 Å². The molecule has 0 bridgehead atoms. The van der Waals surface area contributed by atoms with Gasteiger partial charge in [0.25, 0.3) is 0 Å². The molecule has 4 nitrogen and oxygen atoms in total. The van der Waals surface area contributed by atoms with E-state index in [0.29, 0.717) is 0 Å². The van der Waals surface area contributed by atoms with Gasteiger partial charge in [0.2, 0.25) is 5.91 Å². The fourth-order valence-corrected chi connectivity index (χ4v) is 3.19. The lowest BCUT2D eigenvalue weighted by Crippen LogP contribution is -2.45. The molecule has 1 aliphatic heterocycles. The Balaban J connectivity index is 1.69. The Labute approximate surface area is 110 Å². The maximum Gasteiger partial charge on any atom is 0.223 e. The average Bonchev–Trinajstić information content (AvgIpc) is 2.77. The number of carbonyl (C=O) groups excluding carboxylic acids is 1. The van der Waals surface area contributed by atoms with Crippen molar-refractivity contribution in [1.29, 1.82) is 0 Å². The lowest BCUT2D eigenvalue weighted by atomic mass is 10.1. The van der Waals surface area contributed by atoms with Crippen molar-refractivity contribution in [2.24, 2.45) is 11.7 Å². The highest BCUT2D eigenvalue weighted by atomic mass is 16.1. The van der Waals surface area contributed by atoms with E-state index >= 15 is 0 Å². The van der Waals surface area contributed by atoms with Crippen molar-refractivity contribution < 1.29 is 4.79 Å². The molecule has 2 aliphatic rings. The summed E-state index contributed by atoms with van der Waals surface area (Å²) in [6, 6.07) is 0.491. The second-order valence-electron chi connectivity index (χ2n) is 6.04. The minimum atomic E-state index is 0.156. The zero-order valence-electron chi connectivity index (χ0n) is 11.5. The highest BCUT2D eigenvalue weighted by molar-refractivity contribution is 5.79. The Morgan fingerprint density at radius 1 is 1.33 bits per heavy atom. The molecule has 1 amide bonds. The third-order valence-corrected chi connectivity index (χ3v) is 4.21. The van der Waals surface area contributed by atoms with Gasteiger partial charge in [-0.3, -0.25) is 4.79 Å². The number of carbonyl (C=O) groups is 1. The number of nitrogens with zero attached hydrogens (tertiary/aromatic N) is 1. The van der Waals surface area contributed by atoms with Crippen LogP contribution < -0.4 is 11.1 Å². The Hall–Kier alpha value is -0.610. The zero-order valence-corrected chi connectivity index (χ0v) is 11.5. The van der Waals surface area contributed by atoms with Crippen LogP contribution in [-0.4, -0.2) is 42.5 Å². The summed E-state index contributed by atoms with van der Waals surface area (Å²) < 4.78 is 0. The summed E-state index contributed by atoms with van der Waals surface area (Å²) in [5, 5.41) is 3.15. The third-order valence-electron chi connectivity index (χ3n) is 4.21. The van der Waals surface area contributed by atoms with E-state index in [1.165, 1.54) is 32.4 Å². The number of likely N-dealkylation sites (tertiary alicyclic amines) is 1. The zero-order chi connectivity index (χ0) is 13.0. The molecule has 0 radical (unpaired) electrons. The van der Waals surface area contributed by atoms with Crippen LogP contribution in [0.4, 0.5) is 0 Å². The van der Waals surface area contributed by atoms with Gasteiger partial charge in [0.1, 0.15) is 0 Å². The third kappa shape index (κ3) is 3.95. The molecule has 1 aliphatic carbocycles. The lowest BCUT2D eigenvalue weighted by Gasteiger charge is -2.29. The van der Waals surface area contributed by atoms with Crippen molar-refractivity contribution in [3.63, 3.8) is 0 Å². The monoisotopic (exact) mass is 253 g/mol. The van der Waals surface area contributed by atoms with Crippen LogP contribution in [0.5, 0.6) is 0 Å². The molecule has 0 aromatic heterocycles. The summed E-state index contributed by atoms with van der Waals surface area (Å²) in [7, 11) is 0. The van der Waals surface area contributed by atoms with Gasteiger partial charge in [-0.25, -0.2) is 0 Å². The van der Waals surface area contributed by atoms with E-state index in [-0.39, 0.29) is 23.9 Å². The van der Waals surface area contributed by atoms with Gasteiger partial charge >= 0.3 is 0 Å². The Morgan fingerprint density at radius 2 is 2.06 bits per heavy atom. The molecule has 18 heavy (non-hydrogen) atoms. The van der Waals surface area contributed by atoms with Crippen LogP contribution in [-0.2, 0) is 4.79 Å². The van der Waals surface area contributed by atoms with E-state index in [4.69, 9.17) is 5.73 Å². The van der Waals surface area contributed by atoms with Crippen molar-refractivity contribution in [2.45, 2.75) is 57.5 Å². The van der Waals surface area contributed by atoms with Gasteiger partial charge in [0.05, 0.1) is 0 Å². The van der Waals surface area contributed by atoms with Gasteiger partial charge in [0.15, 0.2) is 0 Å². The fourth-order valence-electron chi connectivity index (χ4n) is 3.19. The number of rotatable bonds is 4. The minimum Gasteiger partial charge on any atom is -0.352 e. The molecule has 1 heterocycles. The van der Waals surface area contributed by atoms with Gasteiger partial charge < -0.3 is 16.0 Å². The van der Waals surface area contributed by atoms with Crippen LogP contribution in [0, 0.1) is 5.92 Å². The highest BCUT2D eigenvalue weighted by Crippen LogP contribution is 2.24. The molecule has 1 saturated carbocycles. The highest BCUT2D eigenvalue weighted by Gasteiger charge is 2.28. The number of nitrogens with one attached hydrogen (secondary N) is 1. The topological polar surface area (TPSA) is 58.4 Å². The maximum absolute atomic E-state index is 12.1. The summed E-state index contributed by atoms with van der Waals surface area (Å²) >= 11 is 0. The molecule has 0 spiro atoms. The molecular weight excluding hydrogens is 226 g/mol. The normalized spacial score (nSPS) is 31.2. The minimum absolute atomic E-state index is 0.156. The largest absolute Gasteiger partial charge is 0.352 e. The molecule has 0 aromatic rings. The molecule has 3 unspecified atom stereocenters. The molecule has 104 valence electrons. The molecular formula is C14H27N3O. The van der Waals surface area contributed by atoms with E-state index in [9.17, 15) is 4.79 Å². The average molecular weight is 253 g/mol. The quantitative estimate of drug-likeness (QED) is 0.789. The predicted molar refractivity (Wildman–Crippen MR) is 73.2 cm³/mol. The fraction of sp³-hybridized carbons (Fsp3) is 0.929. The molecule has 3 atom stereocenters. The summed E-state index contributed by atoms with van der Waals surface area (Å²) in [5.41, 5.74) is 5.85. The SMILES string of the molecule is CC(CN1CCCCC1)NC(=O)C1CCC(N)C1. The van der Waals surface area contributed by atoms with E-state index in [2.05, 4.69) is 17.1 Å². The van der Waals surface area contributed by atoms with Crippen LogP contribution in [0.15, 0.2) is 0 Å². The van der Waals surface area contributed by atoms with Crippen LogP contribution in [0.25, 0.3) is 0 Å². The molecule has 0 aromatic carbocycles. The molecule has 1 saturated heterocycles. The first-order valence-electron chi connectivity index (χ1n) is 7.43. The van der Waals surface area contributed by atoms with E-state index < -0.39 is 0 Å². The van der Waals surface area contributed by atoms with Crippen molar-refractivity contribution in [3.8, 4) is 0 Å².